The molecule has 0 unspecified atom stereocenters. The zero-order chi connectivity index (χ0) is 20.1. The van der Waals surface area contributed by atoms with Crippen LogP contribution in [0.1, 0.15) is 48.6 Å². The number of hydrogen-bond donors (Lipinski definition) is 1. The maximum absolute atomic E-state index is 11.7. The van der Waals surface area contributed by atoms with Crippen LogP contribution in [0.4, 0.5) is 0 Å². The van der Waals surface area contributed by atoms with Crippen LogP contribution in [0.15, 0.2) is 66.4 Å². The Morgan fingerprint density at radius 2 is 1.83 bits per heavy atom. The van der Waals surface area contributed by atoms with Gasteiger partial charge in [0, 0.05) is 5.41 Å². The number of rotatable bonds is 4. The van der Waals surface area contributed by atoms with Crippen LogP contribution >= 0.6 is 0 Å². The summed E-state index contributed by atoms with van der Waals surface area (Å²) in [5, 5.41) is 16.4. The molecule has 1 fully saturated rings. The molecular formula is C26H28N2O. The molecule has 0 bridgehead atoms. The minimum absolute atomic E-state index is 0.212. The summed E-state index contributed by atoms with van der Waals surface area (Å²) < 4.78 is 2.04. The van der Waals surface area contributed by atoms with Crippen molar-refractivity contribution in [3.8, 4) is 5.69 Å². The molecule has 0 radical (unpaired) electrons. The van der Waals surface area contributed by atoms with Gasteiger partial charge in [0.05, 0.1) is 23.2 Å². The highest BCUT2D eigenvalue weighted by Crippen LogP contribution is 2.56. The van der Waals surface area contributed by atoms with Gasteiger partial charge in [0.2, 0.25) is 0 Å². The predicted octanol–water partition coefficient (Wildman–Crippen LogP) is 5.28. The molecular weight excluding hydrogens is 356 g/mol. The van der Waals surface area contributed by atoms with Gasteiger partial charge >= 0.3 is 0 Å². The topological polar surface area (TPSA) is 38.0 Å². The van der Waals surface area contributed by atoms with E-state index >= 15 is 0 Å². The molecule has 5 rings (SSSR count). The number of benzene rings is 2. The van der Waals surface area contributed by atoms with Crippen LogP contribution in [0.25, 0.3) is 11.8 Å². The third-order valence-electron chi connectivity index (χ3n) is 7.23. The molecule has 2 atom stereocenters. The highest BCUT2D eigenvalue weighted by Gasteiger charge is 2.54. The fraction of sp³-hybridized carbons (Fsp3) is 0.346. The molecule has 0 amide bonds. The third kappa shape index (κ3) is 2.96. The molecule has 0 aliphatic heterocycles. The molecule has 148 valence electrons. The van der Waals surface area contributed by atoms with E-state index in [2.05, 4.69) is 73.6 Å². The molecule has 1 aromatic heterocycles. The second-order valence-corrected chi connectivity index (χ2v) is 9.00. The molecule has 3 nitrogen and oxygen atoms in total. The van der Waals surface area contributed by atoms with Crippen molar-refractivity contribution in [2.24, 2.45) is 5.41 Å². The first kappa shape index (κ1) is 18.4. The van der Waals surface area contributed by atoms with E-state index < -0.39 is 5.60 Å². The monoisotopic (exact) mass is 384 g/mol. The van der Waals surface area contributed by atoms with Crippen molar-refractivity contribution in [2.75, 3.05) is 0 Å². The molecule has 2 aromatic carbocycles. The van der Waals surface area contributed by atoms with E-state index in [0.29, 0.717) is 0 Å². The maximum atomic E-state index is 11.7. The van der Waals surface area contributed by atoms with Crippen molar-refractivity contribution in [3.05, 3.63) is 88.8 Å². The minimum atomic E-state index is -0.668. The lowest BCUT2D eigenvalue weighted by Crippen LogP contribution is -2.45. The molecule has 2 aliphatic carbocycles. The van der Waals surface area contributed by atoms with Crippen molar-refractivity contribution < 1.29 is 5.11 Å². The normalized spacial score (nSPS) is 25.4. The first-order valence-corrected chi connectivity index (χ1v) is 10.6. The van der Waals surface area contributed by atoms with Gasteiger partial charge in [-0.05, 0) is 68.4 Å². The van der Waals surface area contributed by atoms with Crippen molar-refractivity contribution in [1.82, 2.24) is 9.78 Å². The van der Waals surface area contributed by atoms with Crippen LogP contribution in [-0.2, 0) is 12.8 Å². The van der Waals surface area contributed by atoms with Crippen molar-refractivity contribution in [1.29, 1.82) is 0 Å². The molecule has 0 saturated heterocycles. The van der Waals surface area contributed by atoms with Crippen molar-refractivity contribution in [3.63, 3.8) is 0 Å². The Bertz CT molecular complexity index is 1060. The lowest BCUT2D eigenvalue weighted by Gasteiger charge is -2.42. The van der Waals surface area contributed by atoms with E-state index in [-0.39, 0.29) is 5.41 Å². The van der Waals surface area contributed by atoms with Gasteiger partial charge in [-0.2, -0.15) is 5.10 Å². The van der Waals surface area contributed by atoms with E-state index in [1.807, 2.05) is 16.9 Å². The van der Waals surface area contributed by atoms with E-state index in [4.69, 9.17) is 0 Å². The van der Waals surface area contributed by atoms with E-state index in [9.17, 15) is 5.11 Å². The molecule has 1 N–H and O–H groups in total. The molecule has 3 heteroatoms. The van der Waals surface area contributed by atoms with Gasteiger partial charge in [-0.3, -0.25) is 0 Å². The van der Waals surface area contributed by atoms with Gasteiger partial charge in [0.1, 0.15) is 0 Å². The zero-order valence-corrected chi connectivity index (χ0v) is 17.2. The number of nitrogens with zero attached hydrogens (tertiary/aromatic N) is 2. The second-order valence-electron chi connectivity index (χ2n) is 9.00. The SMILES string of the molecule is Cc1ccc(-n2ncc3c2C=C2CC[C@@](O)(CCc4ccccc4)[C@@]2(C)C3)cc1. The van der Waals surface area contributed by atoms with E-state index in [1.165, 1.54) is 28.0 Å². The summed E-state index contributed by atoms with van der Waals surface area (Å²) in [7, 11) is 0. The lowest BCUT2D eigenvalue weighted by molar-refractivity contribution is -0.0461. The Balaban J connectivity index is 1.45. The fourth-order valence-electron chi connectivity index (χ4n) is 5.22. The highest BCUT2D eigenvalue weighted by atomic mass is 16.3. The maximum Gasteiger partial charge on any atom is 0.0747 e. The summed E-state index contributed by atoms with van der Waals surface area (Å²) in [6.45, 7) is 4.35. The summed E-state index contributed by atoms with van der Waals surface area (Å²) in [4.78, 5) is 0. The van der Waals surface area contributed by atoms with E-state index in [1.54, 1.807) is 0 Å². The number of aryl methyl sites for hydroxylation is 2. The van der Waals surface area contributed by atoms with Gasteiger partial charge in [0.15, 0.2) is 0 Å². The third-order valence-corrected chi connectivity index (χ3v) is 7.23. The number of fused-ring (bicyclic) bond motifs is 2. The quantitative estimate of drug-likeness (QED) is 0.664. The van der Waals surface area contributed by atoms with Gasteiger partial charge < -0.3 is 5.11 Å². The Labute approximate surface area is 172 Å². The first-order valence-electron chi connectivity index (χ1n) is 10.6. The lowest BCUT2D eigenvalue weighted by atomic mass is 9.65. The second kappa shape index (κ2) is 6.70. The largest absolute Gasteiger partial charge is 0.389 e. The smallest absolute Gasteiger partial charge is 0.0747 e. The predicted molar refractivity (Wildman–Crippen MR) is 117 cm³/mol. The van der Waals surface area contributed by atoms with Crippen LogP contribution < -0.4 is 0 Å². The zero-order valence-electron chi connectivity index (χ0n) is 17.2. The molecule has 29 heavy (non-hydrogen) atoms. The van der Waals surface area contributed by atoms with Crippen LogP contribution in [0.2, 0.25) is 0 Å². The summed E-state index contributed by atoms with van der Waals surface area (Å²) in [5.74, 6) is 0. The minimum Gasteiger partial charge on any atom is -0.389 e. The van der Waals surface area contributed by atoms with E-state index in [0.717, 1.165) is 37.8 Å². The summed E-state index contributed by atoms with van der Waals surface area (Å²) in [5.41, 5.74) is 6.54. The van der Waals surface area contributed by atoms with Gasteiger partial charge in [-0.15, -0.1) is 0 Å². The summed E-state index contributed by atoms with van der Waals surface area (Å²) >= 11 is 0. The van der Waals surface area contributed by atoms with Gasteiger partial charge in [0.25, 0.3) is 0 Å². The Morgan fingerprint density at radius 1 is 1.07 bits per heavy atom. The summed E-state index contributed by atoms with van der Waals surface area (Å²) in [6.07, 6.45) is 8.65. The van der Waals surface area contributed by atoms with Gasteiger partial charge in [-0.25, -0.2) is 4.68 Å². The van der Waals surface area contributed by atoms with Crippen molar-refractivity contribution >= 4 is 6.08 Å². The van der Waals surface area contributed by atoms with Crippen LogP contribution in [0.3, 0.4) is 0 Å². The Kier molecular flexibility index (Phi) is 4.25. The number of aromatic nitrogens is 2. The average Bonchev–Trinajstić information content (AvgIpc) is 3.24. The Morgan fingerprint density at radius 3 is 2.59 bits per heavy atom. The average molecular weight is 385 g/mol. The standard InChI is InChI=1S/C26H28N2O/c1-19-8-10-23(11-9-19)28-24-16-22-13-15-26(29,14-12-20-6-4-3-5-7-20)25(22,2)17-21(24)18-27-28/h3-11,16,18,29H,12-15,17H2,1-2H3/t25-,26-/m0/s1. The summed E-state index contributed by atoms with van der Waals surface area (Å²) in [6, 6.07) is 19.0. The molecule has 3 aromatic rings. The van der Waals surface area contributed by atoms with Crippen LogP contribution in [-0.4, -0.2) is 20.5 Å². The van der Waals surface area contributed by atoms with Crippen LogP contribution in [0.5, 0.6) is 0 Å². The fourth-order valence-corrected chi connectivity index (χ4v) is 5.22. The molecule has 2 aliphatic rings. The first-order chi connectivity index (χ1) is 14.0. The number of hydrogen-bond acceptors (Lipinski definition) is 2. The molecule has 0 spiro atoms. The Hall–Kier alpha value is -2.65. The van der Waals surface area contributed by atoms with Crippen molar-refractivity contribution in [2.45, 2.75) is 51.6 Å². The highest BCUT2D eigenvalue weighted by molar-refractivity contribution is 5.62. The molecule has 1 heterocycles. The molecule has 1 saturated carbocycles. The number of aliphatic hydroxyl groups is 1. The van der Waals surface area contributed by atoms with Crippen LogP contribution in [0, 0.1) is 12.3 Å². The van der Waals surface area contributed by atoms with Gasteiger partial charge in [-0.1, -0.05) is 60.5 Å².